The number of hydrogen-bond donors (Lipinski definition) is 0. The summed E-state index contributed by atoms with van der Waals surface area (Å²) in [5.74, 6) is 2.44. The Labute approximate surface area is 163 Å². The first kappa shape index (κ1) is 17.8. The fourth-order valence-corrected chi connectivity index (χ4v) is 3.88. The summed E-state index contributed by atoms with van der Waals surface area (Å²) in [6, 6.07) is 5.79. The molecule has 0 radical (unpaired) electrons. The average Bonchev–Trinajstić information content (AvgIpc) is 3.45. The van der Waals surface area contributed by atoms with E-state index in [4.69, 9.17) is 9.26 Å². The Morgan fingerprint density at radius 3 is 2.85 bits per heavy atom. The molecule has 4 aromatic heterocycles. The van der Waals surface area contributed by atoms with Crippen molar-refractivity contribution in [1.29, 1.82) is 0 Å². The van der Waals surface area contributed by atoms with Crippen LogP contribution in [0.25, 0.3) is 22.8 Å². The molecule has 0 fully saturated rings. The predicted octanol–water partition coefficient (Wildman–Crippen LogP) is 3.39. The number of aromatic nitrogens is 6. The van der Waals surface area contributed by atoms with Gasteiger partial charge in [0.15, 0.2) is 11.0 Å². The first-order chi connectivity index (χ1) is 13.3. The Kier molecular flexibility index (Phi) is 5.56. The van der Waals surface area contributed by atoms with Crippen molar-refractivity contribution in [2.45, 2.75) is 17.5 Å². The van der Waals surface area contributed by atoms with E-state index in [0.29, 0.717) is 30.6 Å². The summed E-state index contributed by atoms with van der Waals surface area (Å²) < 4.78 is 12.6. The fourth-order valence-electron chi connectivity index (χ4n) is 2.44. The number of thiophene rings is 1. The molecular formula is C17H16N6O2S2. The van der Waals surface area contributed by atoms with Crippen molar-refractivity contribution in [3.8, 4) is 22.8 Å². The van der Waals surface area contributed by atoms with Gasteiger partial charge in [-0.2, -0.15) is 16.3 Å². The van der Waals surface area contributed by atoms with Crippen LogP contribution in [-0.4, -0.2) is 43.6 Å². The van der Waals surface area contributed by atoms with Crippen molar-refractivity contribution in [3.63, 3.8) is 0 Å². The number of nitrogens with zero attached hydrogens (tertiary/aromatic N) is 6. The average molecular weight is 400 g/mol. The molecule has 0 aliphatic rings. The van der Waals surface area contributed by atoms with E-state index in [9.17, 15) is 0 Å². The first-order valence-corrected chi connectivity index (χ1v) is 10.1. The van der Waals surface area contributed by atoms with Gasteiger partial charge in [0, 0.05) is 36.0 Å². The van der Waals surface area contributed by atoms with Gasteiger partial charge in [-0.15, -0.1) is 10.2 Å². The summed E-state index contributed by atoms with van der Waals surface area (Å²) in [7, 11) is 1.67. The SMILES string of the molecule is COCCn1c(SCc2nc(-c3ccsc3)no2)nnc1-c1ccncc1. The smallest absolute Gasteiger partial charge is 0.237 e. The summed E-state index contributed by atoms with van der Waals surface area (Å²) in [6.45, 7) is 1.21. The summed E-state index contributed by atoms with van der Waals surface area (Å²) >= 11 is 3.10. The second-order valence-electron chi connectivity index (χ2n) is 5.50. The molecule has 0 atom stereocenters. The van der Waals surface area contributed by atoms with E-state index in [-0.39, 0.29) is 0 Å². The number of methoxy groups -OCH3 is 1. The maximum Gasteiger partial charge on any atom is 0.237 e. The molecule has 0 N–H and O–H groups in total. The molecule has 0 aliphatic heterocycles. The van der Waals surface area contributed by atoms with Crippen LogP contribution in [0.5, 0.6) is 0 Å². The lowest BCUT2D eigenvalue weighted by molar-refractivity contribution is 0.185. The Hall–Kier alpha value is -2.56. The summed E-state index contributed by atoms with van der Waals surface area (Å²) in [6.07, 6.45) is 3.48. The van der Waals surface area contributed by atoms with Gasteiger partial charge in [-0.1, -0.05) is 16.9 Å². The lowest BCUT2D eigenvalue weighted by Crippen LogP contribution is -2.07. The largest absolute Gasteiger partial charge is 0.383 e. The van der Waals surface area contributed by atoms with Crippen LogP contribution in [0.2, 0.25) is 0 Å². The summed E-state index contributed by atoms with van der Waals surface area (Å²) in [4.78, 5) is 8.50. The third kappa shape index (κ3) is 4.07. The second-order valence-corrected chi connectivity index (χ2v) is 7.22. The molecule has 4 heterocycles. The molecular weight excluding hydrogens is 384 g/mol. The molecule has 4 rings (SSSR count). The van der Waals surface area contributed by atoms with Gasteiger partial charge in [-0.25, -0.2) is 0 Å². The van der Waals surface area contributed by atoms with E-state index in [2.05, 4.69) is 25.3 Å². The zero-order valence-corrected chi connectivity index (χ0v) is 16.1. The molecule has 4 aromatic rings. The summed E-state index contributed by atoms with van der Waals surface area (Å²) in [5, 5.41) is 17.5. The molecule has 0 aromatic carbocycles. The third-order valence-corrected chi connectivity index (χ3v) is 5.38. The predicted molar refractivity (Wildman–Crippen MR) is 102 cm³/mol. The maximum absolute atomic E-state index is 5.35. The minimum Gasteiger partial charge on any atom is -0.383 e. The third-order valence-electron chi connectivity index (χ3n) is 3.75. The van der Waals surface area contributed by atoms with Gasteiger partial charge in [0.2, 0.25) is 11.7 Å². The van der Waals surface area contributed by atoms with Crippen molar-refractivity contribution in [2.75, 3.05) is 13.7 Å². The van der Waals surface area contributed by atoms with Gasteiger partial charge < -0.3 is 9.26 Å². The second kappa shape index (κ2) is 8.42. The number of pyridine rings is 1. The molecule has 10 heteroatoms. The van der Waals surface area contributed by atoms with Crippen LogP contribution in [0, 0.1) is 0 Å². The minimum atomic E-state index is 0.512. The van der Waals surface area contributed by atoms with Crippen LogP contribution in [0.4, 0.5) is 0 Å². The zero-order valence-electron chi connectivity index (χ0n) is 14.5. The van der Waals surface area contributed by atoms with Crippen LogP contribution in [0.3, 0.4) is 0 Å². The van der Waals surface area contributed by atoms with Crippen LogP contribution in [0.1, 0.15) is 5.89 Å². The fraction of sp³-hybridized carbons (Fsp3) is 0.235. The lowest BCUT2D eigenvalue weighted by atomic mass is 10.2. The zero-order chi connectivity index (χ0) is 18.5. The van der Waals surface area contributed by atoms with Gasteiger partial charge >= 0.3 is 0 Å². The van der Waals surface area contributed by atoms with Crippen LogP contribution >= 0.6 is 23.1 Å². The van der Waals surface area contributed by atoms with Crippen LogP contribution < -0.4 is 0 Å². The molecule has 0 saturated heterocycles. The molecule has 27 heavy (non-hydrogen) atoms. The number of rotatable bonds is 8. The minimum absolute atomic E-state index is 0.512. The van der Waals surface area contributed by atoms with Crippen molar-refractivity contribution < 1.29 is 9.26 Å². The van der Waals surface area contributed by atoms with E-state index in [1.807, 2.05) is 33.5 Å². The number of ether oxygens (including phenoxy) is 1. The monoisotopic (exact) mass is 400 g/mol. The van der Waals surface area contributed by atoms with Crippen molar-refractivity contribution in [3.05, 3.63) is 47.2 Å². The standard InChI is InChI=1S/C17H16N6O2S2/c1-24-8-7-23-16(12-2-5-18-6-3-12)20-21-17(23)27-11-14-19-15(22-25-14)13-4-9-26-10-13/h2-6,9-10H,7-8,11H2,1H3. The van der Waals surface area contributed by atoms with Crippen molar-refractivity contribution in [1.82, 2.24) is 29.9 Å². The van der Waals surface area contributed by atoms with Crippen molar-refractivity contribution >= 4 is 23.1 Å². The van der Waals surface area contributed by atoms with Gasteiger partial charge in [-0.3, -0.25) is 9.55 Å². The Morgan fingerprint density at radius 1 is 1.19 bits per heavy atom. The molecule has 0 bridgehead atoms. The molecule has 8 nitrogen and oxygen atoms in total. The molecule has 0 saturated carbocycles. The van der Waals surface area contributed by atoms with Crippen LogP contribution in [-0.2, 0) is 17.0 Å². The first-order valence-electron chi connectivity index (χ1n) is 8.15. The van der Waals surface area contributed by atoms with E-state index < -0.39 is 0 Å². The molecule has 138 valence electrons. The molecule has 0 amide bonds. The topological polar surface area (TPSA) is 91.8 Å². The quantitative estimate of drug-likeness (QED) is 0.416. The van der Waals surface area contributed by atoms with E-state index in [1.54, 1.807) is 30.8 Å². The highest BCUT2D eigenvalue weighted by Crippen LogP contribution is 2.27. The van der Waals surface area contributed by atoms with Gasteiger partial charge in [0.05, 0.1) is 18.9 Å². The summed E-state index contributed by atoms with van der Waals surface area (Å²) in [5.41, 5.74) is 1.92. The molecule has 0 spiro atoms. The van der Waals surface area contributed by atoms with E-state index in [1.165, 1.54) is 11.8 Å². The van der Waals surface area contributed by atoms with Gasteiger partial charge in [0.25, 0.3) is 0 Å². The maximum atomic E-state index is 5.35. The molecule has 0 aliphatic carbocycles. The molecule has 0 unspecified atom stereocenters. The van der Waals surface area contributed by atoms with Gasteiger partial charge in [0.1, 0.15) is 0 Å². The van der Waals surface area contributed by atoms with Gasteiger partial charge in [-0.05, 0) is 23.6 Å². The van der Waals surface area contributed by atoms with E-state index >= 15 is 0 Å². The highest BCUT2D eigenvalue weighted by Gasteiger charge is 2.16. The highest BCUT2D eigenvalue weighted by atomic mass is 32.2. The normalized spacial score (nSPS) is 11.1. The van der Waals surface area contributed by atoms with E-state index in [0.717, 1.165) is 22.1 Å². The Morgan fingerprint density at radius 2 is 2.07 bits per heavy atom. The highest BCUT2D eigenvalue weighted by molar-refractivity contribution is 7.98. The number of hydrogen-bond acceptors (Lipinski definition) is 9. The van der Waals surface area contributed by atoms with Crippen LogP contribution in [0.15, 0.2) is 51.0 Å². The Bertz CT molecular complexity index is 984. The van der Waals surface area contributed by atoms with Crippen molar-refractivity contribution in [2.24, 2.45) is 0 Å². The number of thioether (sulfide) groups is 1. The lowest BCUT2D eigenvalue weighted by Gasteiger charge is -2.08. The Balaban J connectivity index is 1.52.